The van der Waals surface area contributed by atoms with Crippen LogP contribution in [-0.4, -0.2) is 48.7 Å². The van der Waals surface area contributed by atoms with Crippen LogP contribution < -0.4 is 4.74 Å². The van der Waals surface area contributed by atoms with Crippen molar-refractivity contribution in [1.82, 2.24) is 9.88 Å². The van der Waals surface area contributed by atoms with Crippen molar-refractivity contribution in [3.63, 3.8) is 0 Å². The van der Waals surface area contributed by atoms with E-state index in [0.717, 1.165) is 17.7 Å². The molecule has 1 aliphatic heterocycles. The highest BCUT2D eigenvalue weighted by Crippen LogP contribution is 2.35. The maximum Gasteiger partial charge on any atom is 0.223 e. The molecule has 1 fully saturated rings. The van der Waals surface area contributed by atoms with E-state index in [9.17, 15) is 4.79 Å². The summed E-state index contributed by atoms with van der Waals surface area (Å²) in [6.07, 6.45) is 3.49. The number of aromatic amines is 1. The Bertz CT molecular complexity index is 987. The molecule has 1 aromatic heterocycles. The highest BCUT2D eigenvalue weighted by Gasteiger charge is 2.25. The van der Waals surface area contributed by atoms with Crippen LogP contribution in [0.1, 0.15) is 42.9 Å². The van der Waals surface area contributed by atoms with Crippen LogP contribution in [-0.2, 0) is 16.0 Å². The highest BCUT2D eigenvalue weighted by molar-refractivity contribution is 5.88. The first-order chi connectivity index (χ1) is 14.7. The fraction of sp³-hybridized carbons (Fsp3) is 0.400. The van der Waals surface area contributed by atoms with E-state index in [1.54, 1.807) is 0 Å². The van der Waals surface area contributed by atoms with Gasteiger partial charge in [0.25, 0.3) is 0 Å². The molecule has 3 aromatic rings. The monoisotopic (exact) mass is 406 g/mol. The van der Waals surface area contributed by atoms with Crippen molar-refractivity contribution in [1.29, 1.82) is 0 Å². The van der Waals surface area contributed by atoms with Crippen molar-refractivity contribution >= 4 is 16.8 Å². The molecule has 0 saturated carbocycles. The van der Waals surface area contributed by atoms with E-state index < -0.39 is 0 Å². The maximum atomic E-state index is 13.1. The second kappa shape index (κ2) is 9.35. The number of rotatable bonds is 7. The van der Waals surface area contributed by atoms with Crippen LogP contribution >= 0.6 is 0 Å². The molecular formula is C25H30N2O3. The van der Waals surface area contributed by atoms with Gasteiger partial charge in [0.15, 0.2) is 0 Å². The third kappa shape index (κ3) is 4.21. The number of carbonyl (C=O) groups excluding carboxylic acids is 1. The fourth-order valence-corrected chi connectivity index (χ4v) is 4.31. The van der Waals surface area contributed by atoms with E-state index in [0.29, 0.717) is 39.3 Å². The second-order valence-corrected chi connectivity index (χ2v) is 7.69. The third-order valence-electron chi connectivity index (χ3n) is 5.93. The zero-order valence-electron chi connectivity index (χ0n) is 17.8. The third-order valence-corrected chi connectivity index (χ3v) is 5.93. The minimum absolute atomic E-state index is 0.0168. The molecule has 1 N–H and O–H groups in total. The molecule has 0 bridgehead atoms. The number of amides is 1. The molecular weight excluding hydrogens is 376 g/mol. The van der Waals surface area contributed by atoms with Gasteiger partial charge in [-0.25, -0.2) is 0 Å². The Morgan fingerprint density at radius 1 is 1.13 bits per heavy atom. The molecule has 5 nitrogen and oxygen atoms in total. The van der Waals surface area contributed by atoms with E-state index in [4.69, 9.17) is 9.47 Å². The molecule has 158 valence electrons. The van der Waals surface area contributed by atoms with Crippen molar-refractivity contribution in [3.8, 4) is 5.75 Å². The summed E-state index contributed by atoms with van der Waals surface area (Å²) in [6.45, 7) is 7.36. The summed E-state index contributed by atoms with van der Waals surface area (Å²) in [7, 11) is 0. The lowest BCUT2D eigenvalue weighted by molar-refractivity contribution is -0.135. The Balaban J connectivity index is 1.70. The van der Waals surface area contributed by atoms with Crippen molar-refractivity contribution in [2.45, 2.75) is 32.6 Å². The molecule has 1 saturated heterocycles. The number of hydrogen-bond acceptors (Lipinski definition) is 3. The molecule has 30 heavy (non-hydrogen) atoms. The average molecular weight is 407 g/mol. The quantitative estimate of drug-likeness (QED) is 0.628. The predicted octanol–water partition coefficient (Wildman–Crippen LogP) is 4.51. The van der Waals surface area contributed by atoms with Gasteiger partial charge in [-0.1, -0.05) is 37.3 Å². The summed E-state index contributed by atoms with van der Waals surface area (Å²) in [5, 5.41) is 1.20. The summed E-state index contributed by atoms with van der Waals surface area (Å²) < 4.78 is 11.0. The number of fused-ring (bicyclic) bond motifs is 1. The number of ether oxygens (including phenoxy) is 2. The number of H-pyrrole nitrogens is 1. The molecule has 1 atom stereocenters. The van der Waals surface area contributed by atoms with E-state index in [1.165, 1.54) is 22.0 Å². The molecule has 0 spiro atoms. The zero-order valence-corrected chi connectivity index (χ0v) is 17.8. The molecule has 1 amide bonds. The Labute approximate surface area is 178 Å². The Kier molecular flexibility index (Phi) is 6.38. The number of hydrogen-bond donors (Lipinski definition) is 1. The molecule has 1 aliphatic rings. The summed E-state index contributed by atoms with van der Waals surface area (Å²) in [5.74, 6) is 1.02. The minimum Gasteiger partial charge on any atom is -0.494 e. The van der Waals surface area contributed by atoms with Crippen molar-refractivity contribution in [3.05, 3.63) is 65.4 Å². The molecule has 0 unspecified atom stereocenters. The topological polar surface area (TPSA) is 54.6 Å². The summed E-state index contributed by atoms with van der Waals surface area (Å²) >= 11 is 0. The van der Waals surface area contributed by atoms with Gasteiger partial charge in [0.05, 0.1) is 19.8 Å². The lowest BCUT2D eigenvalue weighted by Crippen LogP contribution is -2.41. The van der Waals surface area contributed by atoms with E-state index in [1.807, 2.05) is 24.0 Å². The first-order valence-corrected chi connectivity index (χ1v) is 10.9. The number of aromatic nitrogens is 1. The van der Waals surface area contributed by atoms with Crippen LogP contribution in [0.2, 0.25) is 0 Å². The SMILES string of the molecule is CCOc1ccc([C@H](CC(=O)N2CCOCC2)c2c[nH]c3c(CC)cccc23)cc1. The summed E-state index contributed by atoms with van der Waals surface area (Å²) in [4.78, 5) is 18.5. The lowest BCUT2D eigenvalue weighted by Gasteiger charge is -2.28. The number of morpholine rings is 1. The Hall–Kier alpha value is -2.79. The van der Waals surface area contributed by atoms with Gasteiger partial charge in [-0.05, 0) is 42.2 Å². The first-order valence-electron chi connectivity index (χ1n) is 10.9. The van der Waals surface area contributed by atoms with Crippen LogP contribution in [0.5, 0.6) is 5.75 Å². The number of nitrogens with zero attached hydrogens (tertiary/aromatic N) is 1. The van der Waals surface area contributed by atoms with Crippen LogP contribution in [0.3, 0.4) is 0 Å². The number of para-hydroxylation sites is 1. The van der Waals surface area contributed by atoms with Crippen LogP contribution in [0.25, 0.3) is 10.9 Å². The summed E-state index contributed by atoms with van der Waals surface area (Å²) in [5.41, 5.74) is 4.77. The molecule has 0 aliphatic carbocycles. The van der Waals surface area contributed by atoms with Gasteiger partial charge in [-0.2, -0.15) is 0 Å². The Morgan fingerprint density at radius 3 is 2.60 bits per heavy atom. The maximum absolute atomic E-state index is 13.1. The zero-order chi connectivity index (χ0) is 20.9. The number of benzene rings is 2. The van der Waals surface area contributed by atoms with Crippen LogP contribution in [0.15, 0.2) is 48.7 Å². The highest BCUT2D eigenvalue weighted by atomic mass is 16.5. The largest absolute Gasteiger partial charge is 0.494 e. The smallest absolute Gasteiger partial charge is 0.223 e. The molecule has 4 rings (SSSR count). The van der Waals surface area contributed by atoms with Gasteiger partial charge in [0, 0.05) is 42.5 Å². The first kappa shape index (κ1) is 20.5. The fourth-order valence-electron chi connectivity index (χ4n) is 4.31. The van der Waals surface area contributed by atoms with E-state index in [-0.39, 0.29) is 11.8 Å². The van der Waals surface area contributed by atoms with Gasteiger partial charge in [-0.3, -0.25) is 4.79 Å². The molecule has 2 aromatic carbocycles. The van der Waals surface area contributed by atoms with Crippen molar-refractivity contribution in [2.75, 3.05) is 32.9 Å². The second-order valence-electron chi connectivity index (χ2n) is 7.69. The van der Waals surface area contributed by atoms with Crippen LogP contribution in [0.4, 0.5) is 0 Å². The summed E-state index contributed by atoms with van der Waals surface area (Å²) in [6, 6.07) is 14.6. The number of nitrogens with one attached hydrogen (secondary N) is 1. The average Bonchev–Trinajstić information content (AvgIpc) is 3.23. The molecule has 0 radical (unpaired) electrons. The lowest BCUT2D eigenvalue weighted by atomic mass is 9.87. The van der Waals surface area contributed by atoms with Crippen molar-refractivity contribution < 1.29 is 14.3 Å². The number of aryl methyl sites for hydroxylation is 1. The van der Waals surface area contributed by atoms with Gasteiger partial charge in [0.1, 0.15) is 5.75 Å². The van der Waals surface area contributed by atoms with Crippen LogP contribution in [0, 0.1) is 0 Å². The molecule has 2 heterocycles. The van der Waals surface area contributed by atoms with Gasteiger partial charge >= 0.3 is 0 Å². The number of carbonyl (C=O) groups is 1. The van der Waals surface area contributed by atoms with Gasteiger partial charge in [0.2, 0.25) is 5.91 Å². The molecule has 5 heteroatoms. The van der Waals surface area contributed by atoms with E-state index >= 15 is 0 Å². The normalized spacial score (nSPS) is 15.3. The standard InChI is InChI=1S/C25H30N2O3/c1-3-18-6-5-7-21-23(17-26-25(18)21)22(16-24(28)27-12-14-29-15-13-27)19-8-10-20(11-9-19)30-4-2/h5-11,17,22,26H,3-4,12-16H2,1-2H3/t22-/m0/s1. The predicted molar refractivity (Wildman–Crippen MR) is 119 cm³/mol. The Morgan fingerprint density at radius 2 is 1.90 bits per heavy atom. The van der Waals surface area contributed by atoms with Crippen molar-refractivity contribution in [2.24, 2.45) is 0 Å². The van der Waals surface area contributed by atoms with E-state index in [2.05, 4.69) is 48.4 Å². The van der Waals surface area contributed by atoms with Gasteiger partial charge < -0.3 is 19.4 Å². The minimum atomic E-state index is -0.0168. The van der Waals surface area contributed by atoms with Gasteiger partial charge in [-0.15, -0.1) is 0 Å².